The topological polar surface area (TPSA) is 316 Å². The summed E-state index contributed by atoms with van der Waals surface area (Å²) in [6.45, 7) is 20.6. The molecule has 0 aliphatic heterocycles. The monoisotopic (exact) mass is 1280 g/mol. The molecule has 86 heavy (non-hydrogen) atoms. The Labute approximate surface area is 523 Å². The van der Waals surface area contributed by atoms with Gasteiger partial charge in [0.25, 0.3) is 0 Å². The molecule has 0 fully saturated rings. The van der Waals surface area contributed by atoms with Crippen molar-refractivity contribution in [2.75, 3.05) is 160 Å². The highest BCUT2D eigenvalue weighted by Gasteiger charge is 2.22. The molecule has 4 N–H and O–H groups in total. The van der Waals surface area contributed by atoms with E-state index in [4.69, 9.17) is 5.11 Å². The van der Waals surface area contributed by atoms with Gasteiger partial charge >= 0.3 is 11.9 Å². The zero-order valence-electron chi connectivity index (χ0n) is 53.4. The molecule has 494 valence electrons. The van der Waals surface area contributed by atoms with Crippen LogP contribution in [0.1, 0.15) is 120 Å². The number of likely N-dealkylation sites (N-methyl/N-ethyl adjacent to an activating group) is 3. The molecule has 0 saturated carbocycles. The van der Waals surface area contributed by atoms with E-state index in [0.29, 0.717) is 171 Å². The molecule has 1 unspecified atom stereocenters. The van der Waals surface area contributed by atoms with Gasteiger partial charge in [-0.3, -0.25) is 57.5 Å². The number of amides is 11. The number of nitrogens with zero attached hydrogens (tertiary/aromatic N) is 9. The standard InChI is InChI=1S/C40H72N8O10S2.C17H31N3O5S/c1-9-38(55)47(23-21-45(33(5)51)19-17-43(7)31(3)49)25-29-59-27-14-36(53)41-16-12-11-13-35(40(57)58)42-37(54)15-28-60-30-26-48(39(56)10-2)24-22-46(34(6)52)20-18-44(8)32(4)50;1-5-16(23)20(11-13-26-12-6-17(24)25)10-9-19(15(3)22)8-7-18(4)14(2)21/h35H,9-30H2,1-8H3,(H,41,53)(H,42,54)(H,57,58);5-13H2,1-4H3,(H,24,25). The summed E-state index contributed by atoms with van der Waals surface area (Å²) in [6, 6.07) is -1.05. The molecule has 11 amide bonds. The average molecular weight is 1280 g/mol. The summed E-state index contributed by atoms with van der Waals surface area (Å²) >= 11 is 4.51. The lowest BCUT2D eigenvalue weighted by Crippen LogP contribution is -2.44. The Balaban J connectivity index is 0. The second-order valence-corrected chi connectivity index (χ2v) is 24.0. The molecule has 0 spiro atoms. The molecule has 0 aliphatic carbocycles. The van der Waals surface area contributed by atoms with Crippen LogP contribution >= 0.6 is 35.3 Å². The first kappa shape index (κ1) is 82.2. The highest BCUT2D eigenvalue weighted by atomic mass is 32.2. The number of hydrogen-bond acceptors (Lipinski definition) is 16. The molecule has 29 heteroatoms. The Hall–Kier alpha value is -5.84. The second kappa shape index (κ2) is 49.2. The third-order valence-corrected chi connectivity index (χ3v) is 16.6. The molecule has 0 aliphatic rings. The number of nitrogens with one attached hydrogen (secondary N) is 2. The summed E-state index contributed by atoms with van der Waals surface area (Å²) in [5, 5.41) is 23.7. The van der Waals surface area contributed by atoms with Crippen LogP contribution in [0.4, 0.5) is 0 Å². The second-order valence-electron chi connectivity index (χ2n) is 20.3. The number of aliphatic carboxylic acids is 2. The minimum absolute atomic E-state index is 0.00758. The van der Waals surface area contributed by atoms with E-state index in [1.807, 2.05) is 0 Å². The first-order valence-electron chi connectivity index (χ1n) is 29.5. The number of carboxylic acids is 2. The number of carboxylic acid groups (broad SMARTS) is 2. The Morgan fingerprint density at radius 3 is 0.965 bits per heavy atom. The van der Waals surface area contributed by atoms with Crippen LogP contribution in [-0.4, -0.2) is 298 Å². The van der Waals surface area contributed by atoms with Gasteiger partial charge in [-0.1, -0.05) is 20.8 Å². The SMILES string of the molecule is CCC(=O)N(CCSCCC(=O)NCCCCC(NC(=O)CCSCCN(CCN(CCN(C)C(C)=O)C(C)=O)C(=O)CC)C(=O)O)CCN(CCN(C)C(C)=O)C(C)=O.CCC(=O)N(CCSCCC(=O)O)CCN(CCN(C)C(C)=O)C(C)=O. The molecular weight excluding hydrogens is 1170 g/mol. The van der Waals surface area contributed by atoms with Crippen molar-refractivity contribution in [3.63, 3.8) is 0 Å². The minimum Gasteiger partial charge on any atom is -0.481 e. The van der Waals surface area contributed by atoms with Gasteiger partial charge in [0.05, 0.1) is 6.42 Å². The van der Waals surface area contributed by atoms with E-state index in [1.54, 1.807) is 88.0 Å². The van der Waals surface area contributed by atoms with Crippen molar-refractivity contribution < 1.29 is 72.5 Å². The van der Waals surface area contributed by atoms with Gasteiger partial charge in [-0.05, 0) is 19.3 Å². The van der Waals surface area contributed by atoms with Crippen LogP contribution in [0.15, 0.2) is 0 Å². The first-order valence-corrected chi connectivity index (χ1v) is 33.0. The zero-order valence-corrected chi connectivity index (χ0v) is 55.9. The largest absolute Gasteiger partial charge is 0.481 e. The lowest BCUT2D eigenvalue weighted by atomic mass is 10.1. The van der Waals surface area contributed by atoms with E-state index in [-0.39, 0.29) is 90.7 Å². The molecule has 0 aromatic rings. The van der Waals surface area contributed by atoms with Gasteiger partial charge < -0.3 is 64.9 Å². The van der Waals surface area contributed by atoms with Gasteiger partial charge in [0.1, 0.15) is 6.04 Å². The van der Waals surface area contributed by atoms with E-state index in [1.165, 1.54) is 74.9 Å². The lowest BCUT2D eigenvalue weighted by Gasteiger charge is -2.28. The van der Waals surface area contributed by atoms with Gasteiger partial charge in [0, 0.05) is 234 Å². The smallest absolute Gasteiger partial charge is 0.326 e. The summed E-state index contributed by atoms with van der Waals surface area (Å²) in [4.78, 5) is 169. The summed E-state index contributed by atoms with van der Waals surface area (Å²) in [6.07, 6.45) is 2.75. The highest BCUT2D eigenvalue weighted by molar-refractivity contribution is 7.99. The van der Waals surface area contributed by atoms with Crippen molar-refractivity contribution in [3.05, 3.63) is 0 Å². The van der Waals surface area contributed by atoms with Gasteiger partial charge in [0.2, 0.25) is 65.0 Å². The first-order chi connectivity index (χ1) is 40.5. The fraction of sp³-hybridized carbons (Fsp3) is 0.772. The molecule has 0 heterocycles. The van der Waals surface area contributed by atoms with Crippen molar-refractivity contribution in [2.24, 2.45) is 0 Å². The molecule has 0 bridgehead atoms. The summed E-state index contributed by atoms with van der Waals surface area (Å²) < 4.78 is 0. The van der Waals surface area contributed by atoms with E-state index in [2.05, 4.69) is 10.6 Å². The normalized spacial score (nSPS) is 10.9. The summed E-state index contributed by atoms with van der Waals surface area (Å²) in [5.41, 5.74) is 0. The van der Waals surface area contributed by atoms with Crippen LogP contribution in [0, 0.1) is 0 Å². The maximum atomic E-state index is 12.6. The van der Waals surface area contributed by atoms with E-state index in [9.17, 15) is 67.4 Å². The fourth-order valence-corrected chi connectivity index (χ4v) is 10.3. The van der Waals surface area contributed by atoms with Crippen LogP contribution in [-0.2, 0) is 62.3 Å². The summed E-state index contributed by atoms with van der Waals surface area (Å²) in [5.74, 6) is 0.179. The van der Waals surface area contributed by atoms with E-state index in [0.717, 1.165) is 0 Å². The number of rotatable bonds is 46. The highest BCUT2D eigenvalue weighted by Crippen LogP contribution is 2.10. The molecule has 0 saturated heterocycles. The Kier molecular flexibility index (Phi) is 47.0. The Morgan fingerprint density at radius 2 is 0.674 bits per heavy atom. The third kappa shape index (κ3) is 41.3. The molecule has 26 nitrogen and oxygen atoms in total. The van der Waals surface area contributed by atoms with Crippen molar-refractivity contribution in [1.82, 2.24) is 54.7 Å². The molecule has 0 rings (SSSR count). The molecule has 0 aromatic carbocycles. The Morgan fingerprint density at radius 1 is 0.372 bits per heavy atom. The zero-order chi connectivity index (χ0) is 65.7. The number of thioether (sulfide) groups is 3. The maximum absolute atomic E-state index is 12.6. The van der Waals surface area contributed by atoms with Crippen LogP contribution in [0.3, 0.4) is 0 Å². The molecular formula is C57H103N11O15S3. The quantitative estimate of drug-likeness (QED) is 0.0633. The van der Waals surface area contributed by atoms with Crippen molar-refractivity contribution in [1.29, 1.82) is 0 Å². The van der Waals surface area contributed by atoms with Crippen molar-refractivity contribution >= 4 is 112 Å². The lowest BCUT2D eigenvalue weighted by molar-refractivity contribution is -0.142. The number of carbonyl (C=O) groups is 13. The van der Waals surface area contributed by atoms with Crippen LogP contribution in [0.2, 0.25) is 0 Å². The predicted molar refractivity (Wildman–Crippen MR) is 337 cm³/mol. The molecule has 0 aromatic heterocycles. The average Bonchev–Trinajstić information content (AvgIpc) is 3.68. The van der Waals surface area contributed by atoms with Crippen molar-refractivity contribution in [3.8, 4) is 0 Å². The molecule has 0 radical (unpaired) electrons. The number of unbranched alkanes of at least 4 members (excludes halogenated alkanes) is 1. The number of hydrogen-bond donors (Lipinski definition) is 4. The third-order valence-electron chi connectivity index (χ3n) is 13.7. The van der Waals surface area contributed by atoms with Crippen LogP contribution in [0.5, 0.6) is 0 Å². The maximum Gasteiger partial charge on any atom is 0.326 e. The fourth-order valence-electron chi connectivity index (χ4n) is 7.68. The summed E-state index contributed by atoms with van der Waals surface area (Å²) in [7, 11) is 5.02. The van der Waals surface area contributed by atoms with Gasteiger partial charge in [-0.2, -0.15) is 35.3 Å². The Bertz CT molecular complexity index is 2130. The minimum atomic E-state index is -1.13. The van der Waals surface area contributed by atoms with Crippen LogP contribution < -0.4 is 10.6 Å². The predicted octanol–water partition coefficient (Wildman–Crippen LogP) is 1.98. The van der Waals surface area contributed by atoms with E-state index >= 15 is 0 Å². The number of carbonyl (C=O) groups excluding carboxylic acids is 11. The van der Waals surface area contributed by atoms with Crippen molar-refractivity contribution in [2.45, 2.75) is 126 Å². The van der Waals surface area contributed by atoms with Gasteiger partial charge in [-0.15, -0.1) is 0 Å². The molecule has 1 atom stereocenters. The van der Waals surface area contributed by atoms with Gasteiger partial charge in [0.15, 0.2) is 0 Å². The van der Waals surface area contributed by atoms with Gasteiger partial charge in [-0.25, -0.2) is 4.79 Å². The van der Waals surface area contributed by atoms with Crippen LogP contribution in [0.25, 0.3) is 0 Å². The van der Waals surface area contributed by atoms with E-state index < -0.39 is 18.0 Å².